The molecule has 0 radical (unpaired) electrons. The van der Waals surface area contributed by atoms with Crippen molar-refractivity contribution < 1.29 is 9.84 Å². The van der Waals surface area contributed by atoms with Crippen molar-refractivity contribution in [3.63, 3.8) is 0 Å². The maximum Gasteiger partial charge on any atom is 0.149 e. The molecule has 1 aromatic heterocycles. The fraction of sp³-hybridized carbons (Fsp3) is 0.273. The number of aliphatic hydroxyl groups is 1. The summed E-state index contributed by atoms with van der Waals surface area (Å²) in [5, 5.41) is 9.34. The van der Waals surface area contributed by atoms with E-state index in [9.17, 15) is 5.11 Å². The molecule has 1 rings (SSSR count). The van der Waals surface area contributed by atoms with Gasteiger partial charge in [-0.2, -0.15) is 0 Å². The van der Waals surface area contributed by atoms with E-state index < -0.39 is 6.10 Å². The fourth-order valence-electron chi connectivity index (χ4n) is 0.948. The first kappa shape index (κ1) is 11.0. The highest BCUT2D eigenvalue weighted by atomic mass is 32.1. The quantitative estimate of drug-likeness (QED) is 0.768. The topological polar surface area (TPSA) is 29.5 Å². The van der Waals surface area contributed by atoms with Crippen LogP contribution in [0, 0.1) is 12.3 Å². The minimum Gasteiger partial charge on any atom is -0.381 e. The van der Waals surface area contributed by atoms with E-state index in [0.717, 1.165) is 9.75 Å². The van der Waals surface area contributed by atoms with Gasteiger partial charge in [-0.15, -0.1) is 17.8 Å². The molecule has 0 bridgehead atoms. The highest BCUT2D eigenvalue weighted by Gasteiger charge is 2.05. The number of thiophene rings is 1. The Morgan fingerprint density at radius 1 is 1.71 bits per heavy atom. The zero-order valence-corrected chi connectivity index (χ0v) is 8.75. The molecule has 1 unspecified atom stereocenters. The van der Waals surface area contributed by atoms with Gasteiger partial charge >= 0.3 is 0 Å². The van der Waals surface area contributed by atoms with E-state index in [-0.39, 0.29) is 0 Å². The summed E-state index contributed by atoms with van der Waals surface area (Å²) in [5.74, 6) is 2.28. The second-order valence-corrected chi connectivity index (χ2v) is 3.81. The zero-order valence-electron chi connectivity index (χ0n) is 7.93. The van der Waals surface area contributed by atoms with Gasteiger partial charge in [-0.25, -0.2) is 0 Å². The summed E-state index contributed by atoms with van der Waals surface area (Å²) < 4.78 is 4.88. The van der Waals surface area contributed by atoms with Gasteiger partial charge in [0.25, 0.3) is 0 Å². The second-order valence-electron chi connectivity index (χ2n) is 2.67. The Bertz CT molecular complexity index is 346. The van der Waals surface area contributed by atoms with Crippen molar-refractivity contribution in [1.82, 2.24) is 0 Å². The van der Waals surface area contributed by atoms with Crippen LogP contribution in [0.2, 0.25) is 0 Å². The van der Waals surface area contributed by atoms with Crippen molar-refractivity contribution >= 4 is 17.4 Å². The van der Waals surface area contributed by atoms with Crippen LogP contribution in [0.3, 0.4) is 0 Å². The maximum absolute atomic E-state index is 9.34. The molecule has 0 spiro atoms. The average Bonchev–Trinajstić information content (AvgIpc) is 2.66. The standard InChI is InChI=1S/C11H12O2S/c1-3-10(12)11-7-6-9(14-11)5-4-8-13-2/h1,4-7,10,12H,8H2,2H3/b5-4+. The Hall–Kier alpha value is -1.08. The molecule has 0 saturated carbocycles. The predicted octanol–water partition coefficient (Wildman–Crippen LogP) is 2.07. The lowest BCUT2D eigenvalue weighted by Gasteiger charge is -1.95. The van der Waals surface area contributed by atoms with Gasteiger partial charge in [0.15, 0.2) is 0 Å². The summed E-state index contributed by atoms with van der Waals surface area (Å²) in [7, 11) is 1.65. The predicted molar refractivity (Wildman–Crippen MR) is 59.0 cm³/mol. The van der Waals surface area contributed by atoms with Crippen LogP contribution >= 0.6 is 11.3 Å². The summed E-state index contributed by atoms with van der Waals surface area (Å²) in [6, 6.07) is 3.76. The van der Waals surface area contributed by atoms with E-state index in [1.165, 1.54) is 11.3 Å². The van der Waals surface area contributed by atoms with Crippen molar-refractivity contribution in [2.45, 2.75) is 6.10 Å². The molecule has 0 amide bonds. The smallest absolute Gasteiger partial charge is 0.149 e. The number of terminal acetylenes is 1. The minimum absolute atomic E-state index is 0.588. The minimum atomic E-state index is -0.787. The van der Waals surface area contributed by atoms with Crippen LogP contribution in [0.15, 0.2) is 18.2 Å². The first-order chi connectivity index (χ1) is 6.77. The highest BCUT2D eigenvalue weighted by Crippen LogP contribution is 2.23. The summed E-state index contributed by atoms with van der Waals surface area (Å²) in [6.07, 6.45) is 8.18. The first-order valence-electron chi connectivity index (χ1n) is 4.17. The third-order valence-electron chi connectivity index (χ3n) is 1.62. The number of aliphatic hydroxyl groups excluding tert-OH is 1. The van der Waals surface area contributed by atoms with E-state index in [4.69, 9.17) is 11.2 Å². The SMILES string of the molecule is C#CC(O)c1ccc(/C=C/COC)s1. The van der Waals surface area contributed by atoms with Crippen LogP contribution in [-0.4, -0.2) is 18.8 Å². The number of methoxy groups -OCH3 is 1. The zero-order chi connectivity index (χ0) is 10.4. The van der Waals surface area contributed by atoms with Crippen LogP contribution in [0.25, 0.3) is 6.08 Å². The largest absolute Gasteiger partial charge is 0.381 e. The molecule has 0 saturated heterocycles. The lowest BCUT2D eigenvalue weighted by Crippen LogP contribution is -1.86. The van der Waals surface area contributed by atoms with Gasteiger partial charge in [-0.05, 0) is 18.2 Å². The molecule has 1 N–H and O–H groups in total. The van der Waals surface area contributed by atoms with Crippen LogP contribution in [-0.2, 0) is 4.74 Å². The first-order valence-corrected chi connectivity index (χ1v) is 4.99. The molecular formula is C11H12O2S. The number of hydrogen-bond donors (Lipinski definition) is 1. The molecule has 3 heteroatoms. The van der Waals surface area contributed by atoms with Gasteiger partial charge in [0, 0.05) is 16.9 Å². The summed E-state index contributed by atoms with van der Waals surface area (Å²) in [6.45, 7) is 0.588. The van der Waals surface area contributed by atoms with Gasteiger partial charge in [-0.3, -0.25) is 0 Å². The maximum atomic E-state index is 9.34. The molecular weight excluding hydrogens is 196 g/mol. The van der Waals surface area contributed by atoms with Gasteiger partial charge in [-0.1, -0.05) is 12.0 Å². The molecule has 0 aliphatic carbocycles. The van der Waals surface area contributed by atoms with Crippen molar-refractivity contribution in [2.75, 3.05) is 13.7 Å². The molecule has 2 nitrogen and oxygen atoms in total. The van der Waals surface area contributed by atoms with E-state index in [1.54, 1.807) is 7.11 Å². The van der Waals surface area contributed by atoms with E-state index in [0.29, 0.717) is 6.61 Å². The molecule has 1 heterocycles. The summed E-state index contributed by atoms with van der Waals surface area (Å²) in [4.78, 5) is 1.86. The van der Waals surface area contributed by atoms with Crippen LogP contribution < -0.4 is 0 Å². The molecule has 74 valence electrons. The number of hydrogen-bond acceptors (Lipinski definition) is 3. The van der Waals surface area contributed by atoms with E-state index in [1.807, 2.05) is 24.3 Å². The Morgan fingerprint density at radius 2 is 2.50 bits per heavy atom. The molecule has 0 aliphatic rings. The highest BCUT2D eigenvalue weighted by molar-refractivity contribution is 7.13. The van der Waals surface area contributed by atoms with Crippen molar-refractivity contribution in [1.29, 1.82) is 0 Å². The van der Waals surface area contributed by atoms with Crippen molar-refractivity contribution in [3.8, 4) is 12.3 Å². The third-order valence-corrected chi connectivity index (χ3v) is 2.72. The van der Waals surface area contributed by atoms with Crippen molar-refractivity contribution in [2.24, 2.45) is 0 Å². The molecule has 1 atom stereocenters. The third kappa shape index (κ3) is 3.00. The molecule has 14 heavy (non-hydrogen) atoms. The van der Waals surface area contributed by atoms with Gasteiger partial charge in [0.1, 0.15) is 6.10 Å². The lowest BCUT2D eigenvalue weighted by atomic mass is 10.3. The Balaban J connectivity index is 2.65. The van der Waals surface area contributed by atoms with Crippen LogP contribution in [0.5, 0.6) is 0 Å². The fourth-order valence-corrected chi connectivity index (χ4v) is 1.84. The molecule has 1 aromatic rings. The van der Waals surface area contributed by atoms with Crippen molar-refractivity contribution in [3.05, 3.63) is 28.0 Å². The molecule has 0 aromatic carbocycles. The Kier molecular flexibility index (Phi) is 4.41. The molecule has 0 fully saturated rings. The summed E-state index contributed by atoms with van der Waals surface area (Å²) >= 11 is 1.48. The Labute approximate surface area is 87.8 Å². The normalized spacial score (nSPS) is 12.9. The van der Waals surface area contributed by atoms with E-state index in [2.05, 4.69) is 5.92 Å². The van der Waals surface area contributed by atoms with Gasteiger partial charge < -0.3 is 9.84 Å². The number of ether oxygens (including phenoxy) is 1. The van der Waals surface area contributed by atoms with Crippen LogP contribution in [0.1, 0.15) is 15.9 Å². The van der Waals surface area contributed by atoms with E-state index >= 15 is 0 Å². The van der Waals surface area contributed by atoms with Gasteiger partial charge in [0.2, 0.25) is 0 Å². The van der Waals surface area contributed by atoms with Crippen LogP contribution in [0.4, 0.5) is 0 Å². The number of rotatable bonds is 4. The average molecular weight is 208 g/mol. The monoisotopic (exact) mass is 208 g/mol. The Morgan fingerprint density at radius 3 is 3.14 bits per heavy atom. The summed E-state index contributed by atoms with van der Waals surface area (Å²) in [5.41, 5.74) is 0. The second kappa shape index (κ2) is 5.61. The lowest BCUT2D eigenvalue weighted by molar-refractivity contribution is 0.234. The molecule has 0 aliphatic heterocycles. The van der Waals surface area contributed by atoms with Gasteiger partial charge in [0.05, 0.1) is 6.61 Å².